The molecule has 0 amide bonds. The number of aryl methyl sites for hydroxylation is 2. The smallest absolute Gasteiger partial charge is 0.150 e. The minimum Gasteiger partial charge on any atom is -0.341 e. The van der Waals surface area contributed by atoms with Crippen molar-refractivity contribution in [3.8, 4) is 32.5 Å². The fourth-order valence-electron chi connectivity index (χ4n) is 2.67. The Morgan fingerprint density at radius 2 is 1.62 bits per heavy atom. The van der Waals surface area contributed by atoms with Gasteiger partial charge in [-0.3, -0.25) is 0 Å². The van der Waals surface area contributed by atoms with Gasteiger partial charge in [-0.1, -0.05) is 60.2 Å². The molecule has 2 aromatic carbocycles. The predicted molar refractivity (Wildman–Crippen MR) is 100 cm³/mol. The molecule has 2 aromatic heterocycles. The SMILES string of the molecule is Cc1ccc(-c2ncc(-c3nc(-c4ccccc4)c(C)[nH]3)s2)cc1. The van der Waals surface area contributed by atoms with Crippen molar-refractivity contribution in [2.45, 2.75) is 13.8 Å². The van der Waals surface area contributed by atoms with Gasteiger partial charge in [-0.25, -0.2) is 9.97 Å². The molecule has 1 N–H and O–H groups in total. The van der Waals surface area contributed by atoms with E-state index in [0.717, 1.165) is 38.2 Å². The first-order chi connectivity index (χ1) is 11.7. The lowest BCUT2D eigenvalue weighted by atomic mass is 10.1. The van der Waals surface area contributed by atoms with Gasteiger partial charge in [0.25, 0.3) is 0 Å². The second-order valence-corrected chi connectivity index (χ2v) is 6.85. The van der Waals surface area contributed by atoms with Gasteiger partial charge in [-0.15, -0.1) is 11.3 Å². The second-order valence-electron chi connectivity index (χ2n) is 5.82. The van der Waals surface area contributed by atoms with Crippen molar-refractivity contribution in [2.75, 3.05) is 0 Å². The topological polar surface area (TPSA) is 41.6 Å². The number of thiazole rings is 1. The highest BCUT2D eigenvalue weighted by Crippen LogP contribution is 2.32. The second kappa shape index (κ2) is 6.06. The minimum atomic E-state index is 0.877. The Labute approximate surface area is 145 Å². The van der Waals surface area contributed by atoms with E-state index in [2.05, 4.69) is 60.2 Å². The fourth-order valence-corrected chi connectivity index (χ4v) is 3.53. The fraction of sp³-hybridized carbons (Fsp3) is 0.100. The maximum absolute atomic E-state index is 4.79. The summed E-state index contributed by atoms with van der Waals surface area (Å²) in [4.78, 5) is 13.8. The summed E-state index contributed by atoms with van der Waals surface area (Å²) in [7, 11) is 0. The third-order valence-electron chi connectivity index (χ3n) is 3.97. The Morgan fingerprint density at radius 1 is 0.875 bits per heavy atom. The van der Waals surface area contributed by atoms with Gasteiger partial charge in [0.1, 0.15) is 10.8 Å². The number of imidazole rings is 1. The highest BCUT2D eigenvalue weighted by Gasteiger charge is 2.13. The van der Waals surface area contributed by atoms with Crippen LogP contribution in [0.3, 0.4) is 0 Å². The summed E-state index contributed by atoms with van der Waals surface area (Å²) in [5.74, 6) is 0.877. The van der Waals surface area contributed by atoms with Crippen LogP contribution in [0.25, 0.3) is 32.5 Å². The Balaban J connectivity index is 1.69. The van der Waals surface area contributed by atoms with Crippen molar-refractivity contribution >= 4 is 11.3 Å². The van der Waals surface area contributed by atoms with Crippen molar-refractivity contribution in [3.63, 3.8) is 0 Å². The largest absolute Gasteiger partial charge is 0.341 e. The number of hydrogen-bond acceptors (Lipinski definition) is 3. The van der Waals surface area contributed by atoms with Crippen LogP contribution in [0, 0.1) is 13.8 Å². The molecule has 2 heterocycles. The quantitative estimate of drug-likeness (QED) is 0.540. The van der Waals surface area contributed by atoms with Crippen molar-refractivity contribution in [3.05, 3.63) is 72.1 Å². The monoisotopic (exact) mass is 331 g/mol. The third kappa shape index (κ3) is 2.76. The van der Waals surface area contributed by atoms with Crippen LogP contribution in [0.2, 0.25) is 0 Å². The van der Waals surface area contributed by atoms with Crippen LogP contribution >= 0.6 is 11.3 Å². The number of H-pyrrole nitrogens is 1. The number of rotatable bonds is 3. The summed E-state index contributed by atoms with van der Waals surface area (Å²) < 4.78 is 0. The number of aromatic nitrogens is 3. The Kier molecular flexibility index (Phi) is 3.75. The van der Waals surface area contributed by atoms with E-state index in [0.29, 0.717) is 0 Å². The van der Waals surface area contributed by atoms with Gasteiger partial charge >= 0.3 is 0 Å². The summed E-state index contributed by atoms with van der Waals surface area (Å²) >= 11 is 1.66. The van der Waals surface area contributed by atoms with E-state index in [1.165, 1.54) is 5.56 Å². The highest BCUT2D eigenvalue weighted by atomic mass is 32.1. The zero-order valence-electron chi connectivity index (χ0n) is 13.6. The predicted octanol–water partition coefficient (Wildman–Crippen LogP) is 5.48. The zero-order valence-corrected chi connectivity index (χ0v) is 14.4. The molecule has 0 atom stereocenters. The molecule has 0 aliphatic heterocycles. The molecule has 0 saturated carbocycles. The first-order valence-corrected chi connectivity index (χ1v) is 8.67. The first kappa shape index (κ1) is 14.8. The molecule has 0 bridgehead atoms. The molecular formula is C20H17N3S. The van der Waals surface area contributed by atoms with Crippen LogP contribution in [0.15, 0.2) is 60.8 Å². The van der Waals surface area contributed by atoms with E-state index in [9.17, 15) is 0 Å². The number of hydrogen-bond donors (Lipinski definition) is 1. The van der Waals surface area contributed by atoms with E-state index in [1.54, 1.807) is 11.3 Å². The summed E-state index contributed by atoms with van der Waals surface area (Å²) in [6, 6.07) is 18.7. The molecule has 24 heavy (non-hydrogen) atoms. The van der Waals surface area contributed by atoms with Crippen molar-refractivity contribution in [1.82, 2.24) is 15.0 Å². The summed E-state index contributed by atoms with van der Waals surface area (Å²) in [5, 5.41) is 1.01. The average Bonchev–Trinajstić information content (AvgIpc) is 3.23. The molecule has 4 heteroatoms. The molecule has 4 aromatic rings. The molecule has 0 radical (unpaired) electrons. The van der Waals surface area contributed by atoms with Crippen molar-refractivity contribution in [2.24, 2.45) is 0 Å². The van der Waals surface area contributed by atoms with Gasteiger partial charge in [0.05, 0.1) is 10.6 Å². The van der Waals surface area contributed by atoms with Crippen molar-refractivity contribution < 1.29 is 0 Å². The molecule has 0 aliphatic carbocycles. The van der Waals surface area contributed by atoms with E-state index < -0.39 is 0 Å². The summed E-state index contributed by atoms with van der Waals surface area (Å²) in [5.41, 5.74) is 5.59. The minimum absolute atomic E-state index is 0.877. The zero-order chi connectivity index (χ0) is 16.5. The third-order valence-corrected chi connectivity index (χ3v) is 5.02. The molecule has 0 fully saturated rings. The van der Waals surface area contributed by atoms with Gasteiger partial charge in [0, 0.05) is 23.0 Å². The number of nitrogens with one attached hydrogen (secondary N) is 1. The Morgan fingerprint density at radius 3 is 2.38 bits per heavy atom. The van der Waals surface area contributed by atoms with Crippen LogP contribution in [0.4, 0.5) is 0 Å². The van der Waals surface area contributed by atoms with Gasteiger partial charge in [-0.2, -0.15) is 0 Å². The molecule has 0 unspecified atom stereocenters. The highest BCUT2D eigenvalue weighted by molar-refractivity contribution is 7.18. The lowest BCUT2D eigenvalue weighted by molar-refractivity contribution is 1.26. The molecular weight excluding hydrogens is 314 g/mol. The summed E-state index contributed by atoms with van der Waals surface area (Å²) in [6.45, 7) is 4.15. The lowest BCUT2D eigenvalue weighted by Gasteiger charge is -1.96. The van der Waals surface area contributed by atoms with Crippen molar-refractivity contribution in [1.29, 1.82) is 0 Å². The molecule has 0 saturated heterocycles. The van der Waals surface area contributed by atoms with Crippen LogP contribution in [0.1, 0.15) is 11.3 Å². The maximum Gasteiger partial charge on any atom is 0.150 e. The molecule has 0 spiro atoms. The average molecular weight is 331 g/mol. The van der Waals surface area contributed by atoms with Crippen LogP contribution in [0.5, 0.6) is 0 Å². The molecule has 4 rings (SSSR count). The Hall–Kier alpha value is -2.72. The number of aromatic amines is 1. The van der Waals surface area contributed by atoms with Gasteiger partial charge in [-0.05, 0) is 13.8 Å². The van der Waals surface area contributed by atoms with Gasteiger partial charge in [0.2, 0.25) is 0 Å². The normalized spacial score (nSPS) is 10.9. The van der Waals surface area contributed by atoms with Gasteiger partial charge in [0.15, 0.2) is 0 Å². The maximum atomic E-state index is 4.79. The molecule has 3 nitrogen and oxygen atoms in total. The number of benzene rings is 2. The van der Waals surface area contributed by atoms with E-state index in [1.807, 2.05) is 24.4 Å². The van der Waals surface area contributed by atoms with Crippen LogP contribution in [-0.4, -0.2) is 15.0 Å². The van der Waals surface area contributed by atoms with E-state index >= 15 is 0 Å². The molecule has 118 valence electrons. The van der Waals surface area contributed by atoms with Gasteiger partial charge < -0.3 is 4.98 Å². The standard InChI is InChI=1S/C20H17N3S/c1-13-8-10-16(11-9-13)20-21-12-17(24-20)19-22-14(2)18(23-19)15-6-4-3-5-7-15/h3-12H,1-2H3,(H,22,23). The number of nitrogens with zero attached hydrogens (tertiary/aromatic N) is 2. The molecule has 0 aliphatic rings. The van der Waals surface area contributed by atoms with Crippen LogP contribution in [-0.2, 0) is 0 Å². The summed E-state index contributed by atoms with van der Waals surface area (Å²) in [6.07, 6.45) is 1.90. The first-order valence-electron chi connectivity index (χ1n) is 7.86. The lowest BCUT2D eigenvalue weighted by Crippen LogP contribution is -1.79. The van der Waals surface area contributed by atoms with E-state index in [4.69, 9.17) is 4.98 Å². The van der Waals surface area contributed by atoms with E-state index in [-0.39, 0.29) is 0 Å². The van der Waals surface area contributed by atoms with Crippen LogP contribution < -0.4 is 0 Å². The Bertz CT molecular complexity index is 966.